The number of carboxylic acid groups (broad SMARTS) is 1. The molecule has 4 aromatic rings. The van der Waals surface area contributed by atoms with Crippen LogP contribution in [-0.4, -0.2) is 27.9 Å². The molecule has 0 radical (unpaired) electrons. The van der Waals surface area contributed by atoms with Crippen LogP contribution in [0.4, 0.5) is 17.1 Å². The summed E-state index contributed by atoms with van der Waals surface area (Å²) in [6.45, 7) is 1.67. The summed E-state index contributed by atoms with van der Waals surface area (Å²) in [7, 11) is 0. The molecule has 0 fully saturated rings. The minimum atomic E-state index is -0.935. The Hall–Kier alpha value is -4.19. The molecule has 5 rings (SSSR count). The Bertz CT molecular complexity index is 1290. The summed E-state index contributed by atoms with van der Waals surface area (Å²) in [6, 6.07) is 26.5. The number of nitrogens with zero attached hydrogens (tertiary/aromatic N) is 4. The number of fused-ring (bicyclic) bond motifs is 3. The first-order chi connectivity index (χ1) is 15.1. The van der Waals surface area contributed by atoms with Crippen molar-refractivity contribution in [1.82, 2.24) is 4.98 Å². The van der Waals surface area contributed by atoms with Crippen molar-refractivity contribution < 1.29 is 9.90 Å². The van der Waals surface area contributed by atoms with Crippen LogP contribution in [0.5, 0.6) is 0 Å². The minimum absolute atomic E-state index is 0.560. The number of carbonyl (C=O) groups is 1. The Balaban J connectivity index is 1.85. The Morgan fingerprint density at radius 2 is 1.61 bits per heavy atom. The van der Waals surface area contributed by atoms with E-state index >= 15 is 0 Å². The summed E-state index contributed by atoms with van der Waals surface area (Å²) >= 11 is 0. The van der Waals surface area contributed by atoms with E-state index in [2.05, 4.69) is 4.98 Å². The van der Waals surface area contributed by atoms with Gasteiger partial charge < -0.3 is 10.0 Å². The summed E-state index contributed by atoms with van der Waals surface area (Å²) in [5, 5.41) is 17.7. The number of amidine groups is 1. The number of para-hydroxylation sites is 1. The van der Waals surface area contributed by atoms with Gasteiger partial charge in [-0.1, -0.05) is 60.7 Å². The van der Waals surface area contributed by atoms with Crippen molar-refractivity contribution in [2.24, 2.45) is 5.10 Å². The van der Waals surface area contributed by atoms with Gasteiger partial charge in [-0.3, -0.25) is 4.98 Å². The van der Waals surface area contributed by atoms with Crippen LogP contribution in [0.3, 0.4) is 0 Å². The molecule has 1 aliphatic heterocycles. The summed E-state index contributed by atoms with van der Waals surface area (Å²) < 4.78 is 0. The van der Waals surface area contributed by atoms with E-state index in [1.54, 1.807) is 18.0 Å². The Labute approximate surface area is 179 Å². The molecule has 6 heteroatoms. The first-order valence-corrected chi connectivity index (χ1v) is 10.0. The minimum Gasteiger partial charge on any atom is -0.480 e. The molecule has 31 heavy (non-hydrogen) atoms. The fourth-order valence-corrected chi connectivity index (χ4v) is 3.87. The van der Waals surface area contributed by atoms with Gasteiger partial charge in [0.25, 0.3) is 0 Å². The molecule has 0 bridgehead atoms. The summed E-state index contributed by atoms with van der Waals surface area (Å²) in [5.41, 5.74) is 3.96. The zero-order valence-corrected chi connectivity index (χ0v) is 16.9. The first-order valence-electron chi connectivity index (χ1n) is 10.0. The molecule has 1 atom stereocenters. The number of rotatable bonds is 4. The number of anilines is 3. The van der Waals surface area contributed by atoms with Crippen LogP contribution >= 0.6 is 0 Å². The zero-order chi connectivity index (χ0) is 21.4. The van der Waals surface area contributed by atoms with E-state index in [-0.39, 0.29) is 0 Å². The molecule has 1 aromatic heterocycles. The van der Waals surface area contributed by atoms with Gasteiger partial charge in [-0.25, -0.2) is 9.80 Å². The zero-order valence-electron chi connectivity index (χ0n) is 16.9. The topological polar surface area (TPSA) is 69.0 Å². The molecular formula is C25H20N4O2. The average molecular weight is 408 g/mol. The van der Waals surface area contributed by atoms with Crippen molar-refractivity contribution in [2.75, 3.05) is 9.91 Å². The average Bonchev–Trinajstić information content (AvgIpc) is 2.83. The summed E-state index contributed by atoms with van der Waals surface area (Å²) in [6.07, 6.45) is 1.73. The lowest BCUT2D eigenvalue weighted by molar-refractivity contribution is -0.137. The van der Waals surface area contributed by atoms with Gasteiger partial charge in [0.1, 0.15) is 6.04 Å². The lowest BCUT2D eigenvalue weighted by atomic mass is 10.0. The van der Waals surface area contributed by atoms with Crippen LogP contribution in [-0.2, 0) is 4.79 Å². The van der Waals surface area contributed by atoms with E-state index in [0.29, 0.717) is 5.84 Å². The molecule has 1 unspecified atom stereocenters. The van der Waals surface area contributed by atoms with Crippen LogP contribution in [0.2, 0.25) is 0 Å². The lowest BCUT2D eigenvalue weighted by Gasteiger charge is -2.38. The molecule has 0 saturated carbocycles. The van der Waals surface area contributed by atoms with Gasteiger partial charge in [0.2, 0.25) is 0 Å². The van der Waals surface area contributed by atoms with Crippen LogP contribution in [0, 0.1) is 0 Å². The van der Waals surface area contributed by atoms with Crippen LogP contribution in [0.1, 0.15) is 12.5 Å². The van der Waals surface area contributed by atoms with Crippen LogP contribution in [0.15, 0.2) is 96.2 Å². The number of aromatic nitrogens is 1. The predicted octanol–water partition coefficient (Wildman–Crippen LogP) is 5.03. The SMILES string of the molecule is CC(C(=O)O)N1C(c2ccccc2)=NN(c2ccccc2)c2ccc3cccnc3c21. The molecule has 1 aliphatic rings. The van der Waals surface area contributed by atoms with Crippen molar-refractivity contribution >= 4 is 39.8 Å². The second-order valence-electron chi connectivity index (χ2n) is 7.33. The molecule has 3 aromatic carbocycles. The van der Waals surface area contributed by atoms with Crippen molar-refractivity contribution in [1.29, 1.82) is 0 Å². The second-order valence-corrected chi connectivity index (χ2v) is 7.33. The van der Waals surface area contributed by atoms with Gasteiger partial charge in [0.05, 0.1) is 22.6 Å². The van der Waals surface area contributed by atoms with E-state index in [9.17, 15) is 9.90 Å². The van der Waals surface area contributed by atoms with Crippen molar-refractivity contribution in [3.05, 3.63) is 96.7 Å². The molecule has 152 valence electrons. The maximum atomic E-state index is 12.1. The normalized spacial score (nSPS) is 14.2. The predicted molar refractivity (Wildman–Crippen MR) is 123 cm³/mol. The van der Waals surface area contributed by atoms with Crippen LogP contribution < -0.4 is 9.91 Å². The van der Waals surface area contributed by atoms with E-state index < -0.39 is 12.0 Å². The number of hydrogen-bond donors (Lipinski definition) is 1. The van der Waals surface area contributed by atoms with E-state index in [0.717, 1.165) is 33.5 Å². The smallest absolute Gasteiger partial charge is 0.326 e. The number of pyridine rings is 1. The van der Waals surface area contributed by atoms with Crippen molar-refractivity contribution in [3.63, 3.8) is 0 Å². The largest absolute Gasteiger partial charge is 0.480 e. The summed E-state index contributed by atoms with van der Waals surface area (Å²) in [4.78, 5) is 18.5. The molecule has 2 heterocycles. The highest BCUT2D eigenvalue weighted by Gasteiger charge is 2.35. The molecule has 0 saturated heterocycles. The number of carboxylic acids is 1. The van der Waals surface area contributed by atoms with E-state index in [4.69, 9.17) is 5.10 Å². The van der Waals surface area contributed by atoms with Gasteiger partial charge in [-0.2, -0.15) is 0 Å². The third kappa shape index (κ3) is 3.18. The van der Waals surface area contributed by atoms with Crippen LogP contribution in [0.25, 0.3) is 10.9 Å². The molecule has 1 N–H and O–H groups in total. The third-order valence-corrected chi connectivity index (χ3v) is 5.40. The monoisotopic (exact) mass is 408 g/mol. The van der Waals surface area contributed by atoms with Gasteiger partial charge in [-0.05, 0) is 31.2 Å². The van der Waals surface area contributed by atoms with E-state index in [1.165, 1.54) is 0 Å². The maximum Gasteiger partial charge on any atom is 0.326 e. The molecular weight excluding hydrogens is 388 g/mol. The summed E-state index contributed by atoms with van der Waals surface area (Å²) in [5.74, 6) is -0.374. The van der Waals surface area contributed by atoms with Gasteiger partial charge in [0.15, 0.2) is 5.84 Å². The molecule has 6 nitrogen and oxygen atoms in total. The highest BCUT2D eigenvalue weighted by Crippen LogP contribution is 2.44. The Kier molecular flexibility index (Phi) is 4.59. The Morgan fingerprint density at radius 3 is 2.32 bits per heavy atom. The molecule has 0 spiro atoms. The number of hydrazone groups is 1. The molecule has 0 aliphatic carbocycles. The molecule has 0 amide bonds. The number of hydrogen-bond acceptors (Lipinski definition) is 5. The van der Waals surface area contributed by atoms with Gasteiger partial charge in [-0.15, -0.1) is 5.10 Å². The highest BCUT2D eigenvalue weighted by atomic mass is 16.4. The quantitative estimate of drug-likeness (QED) is 0.513. The van der Waals surface area contributed by atoms with Crippen molar-refractivity contribution in [2.45, 2.75) is 13.0 Å². The third-order valence-electron chi connectivity index (χ3n) is 5.40. The fourth-order valence-electron chi connectivity index (χ4n) is 3.87. The van der Waals surface area contributed by atoms with Gasteiger partial charge in [0, 0.05) is 17.1 Å². The van der Waals surface area contributed by atoms with Gasteiger partial charge >= 0.3 is 5.97 Å². The maximum absolute atomic E-state index is 12.1. The second kappa shape index (κ2) is 7.57. The fraction of sp³-hybridized carbons (Fsp3) is 0.0800. The number of benzene rings is 3. The van der Waals surface area contributed by atoms with E-state index in [1.807, 2.05) is 89.9 Å². The lowest BCUT2D eigenvalue weighted by Crippen LogP contribution is -2.47. The standard InChI is InChI=1S/C25H20N4O2/c1-17(25(30)31)28-23-21(15-14-18-11-8-16-26-22(18)23)29(20-12-6-3-7-13-20)27-24(28)19-9-4-2-5-10-19/h2-17H,1H3,(H,30,31). The number of aliphatic carboxylic acids is 1. The highest BCUT2D eigenvalue weighted by molar-refractivity contribution is 6.20. The Morgan fingerprint density at radius 1 is 0.903 bits per heavy atom. The van der Waals surface area contributed by atoms with Crippen molar-refractivity contribution in [3.8, 4) is 0 Å². The first kappa shape index (κ1) is 18.8.